The van der Waals surface area contributed by atoms with Crippen LogP contribution >= 0.6 is 0 Å². The number of nitrogens with zero attached hydrogens (tertiary/aromatic N) is 1. The second-order valence-corrected chi connectivity index (χ2v) is 4.36. The number of nitrogens with one attached hydrogen (secondary N) is 1. The van der Waals surface area contributed by atoms with Gasteiger partial charge in [0.1, 0.15) is 5.69 Å². The third-order valence-corrected chi connectivity index (χ3v) is 3.24. The molecule has 2 N–H and O–H groups in total. The maximum atomic E-state index is 11.3. The van der Waals surface area contributed by atoms with Crippen LogP contribution in [0.3, 0.4) is 0 Å². The summed E-state index contributed by atoms with van der Waals surface area (Å²) in [6, 6.07) is 2.06. The van der Waals surface area contributed by atoms with E-state index in [0.29, 0.717) is 5.69 Å². The van der Waals surface area contributed by atoms with Gasteiger partial charge < -0.3 is 14.8 Å². The molecular formula is C12H18N2O3. The molecule has 1 fully saturated rings. The van der Waals surface area contributed by atoms with Crippen molar-refractivity contribution in [2.24, 2.45) is 0 Å². The molecule has 1 aliphatic rings. The SMILES string of the molecule is COC(=O)c1cc(CN2CCC[C@@H]2CO)c[nH]1. The summed E-state index contributed by atoms with van der Waals surface area (Å²) in [6.45, 7) is 1.97. The maximum Gasteiger partial charge on any atom is 0.354 e. The van der Waals surface area contributed by atoms with Crippen LogP contribution in [0.25, 0.3) is 0 Å². The fourth-order valence-corrected chi connectivity index (χ4v) is 2.30. The maximum absolute atomic E-state index is 11.3. The summed E-state index contributed by atoms with van der Waals surface area (Å²) in [5.74, 6) is -0.351. The molecule has 1 atom stereocenters. The van der Waals surface area contributed by atoms with Crippen LogP contribution in [0.1, 0.15) is 28.9 Å². The average Bonchev–Trinajstić information content (AvgIpc) is 2.97. The predicted molar refractivity (Wildman–Crippen MR) is 62.7 cm³/mol. The lowest BCUT2D eigenvalue weighted by Gasteiger charge is -2.21. The van der Waals surface area contributed by atoms with Crippen molar-refractivity contribution in [3.05, 3.63) is 23.5 Å². The molecule has 0 aromatic carbocycles. The van der Waals surface area contributed by atoms with Gasteiger partial charge in [-0.3, -0.25) is 4.90 Å². The second kappa shape index (κ2) is 5.33. The number of carbonyl (C=O) groups is 1. The summed E-state index contributed by atoms with van der Waals surface area (Å²) >= 11 is 0. The van der Waals surface area contributed by atoms with Crippen LogP contribution in [0.5, 0.6) is 0 Å². The number of aliphatic hydroxyl groups excluding tert-OH is 1. The van der Waals surface area contributed by atoms with Crippen molar-refractivity contribution in [1.82, 2.24) is 9.88 Å². The lowest BCUT2D eigenvalue weighted by Crippen LogP contribution is -2.31. The number of esters is 1. The van der Waals surface area contributed by atoms with E-state index in [4.69, 9.17) is 0 Å². The Kier molecular flexibility index (Phi) is 3.81. The quantitative estimate of drug-likeness (QED) is 0.760. The van der Waals surface area contributed by atoms with Gasteiger partial charge in [0.2, 0.25) is 0 Å². The summed E-state index contributed by atoms with van der Waals surface area (Å²) in [4.78, 5) is 16.4. The van der Waals surface area contributed by atoms with Crippen LogP contribution in [-0.2, 0) is 11.3 Å². The lowest BCUT2D eigenvalue weighted by molar-refractivity contribution is 0.0594. The Morgan fingerprint density at radius 1 is 1.71 bits per heavy atom. The summed E-state index contributed by atoms with van der Waals surface area (Å²) in [5.41, 5.74) is 1.52. The van der Waals surface area contributed by atoms with E-state index < -0.39 is 0 Å². The molecule has 1 aliphatic heterocycles. The van der Waals surface area contributed by atoms with Gasteiger partial charge in [0.05, 0.1) is 13.7 Å². The minimum atomic E-state index is -0.351. The molecule has 2 heterocycles. The number of ether oxygens (including phenoxy) is 1. The van der Waals surface area contributed by atoms with Crippen molar-refractivity contribution in [2.75, 3.05) is 20.3 Å². The number of hydrogen-bond donors (Lipinski definition) is 2. The Labute approximate surface area is 100 Å². The van der Waals surface area contributed by atoms with Crippen molar-refractivity contribution >= 4 is 5.97 Å². The first kappa shape index (κ1) is 12.1. The van der Waals surface area contributed by atoms with Crippen molar-refractivity contribution in [1.29, 1.82) is 0 Å². The number of rotatable bonds is 4. The molecule has 94 valence electrons. The van der Waals surface area contributed by atoms with Gasteiger partial charge in [-0.1, -0.05) is 0 Å². The van der Waals surface area contributed by atoms with Crippen LogP contribution in [0.2, 0.25) is 0 Å². The van der Waals surface area contributed by atoms with Gasteiger partial charge in [0.15, 0.2) is 0 Å². The number of aliphatic hydroxyl groups is 1. The molecule has 17 heavy (non-hydrogen) atoms. The van der Waals surface area contributed by atoms with E-state index >= 15 is 0 Å². The third-order valence-electron chi connectivity index (χ3n) is 3.24. The highest BCUT2D eigenvalue weighted by Crippen LogP contribution is 2.19. The second-order valence-electron chi connectivity index (χ2n) is 4.36. The van der Waals surface area contributed by atoms with Gasteiger partial charge in [0, 0.05) is 18.8 Å². The Morgan fingerprint density at radius 2 is 2.53 bits per heavy atom. The zero-order valence-corrected chi connectivity index (χ0v) is 9.98. The standard InChI is InChI=1S/C12H18N2O3/c1-17-12(16)11-5-9(6-13-11)7-14-4-2-3-10(14)8-15/h5-6,10,13,15H,2-4,7-8H2,1H3/t10-/m1/s1. The zero-order chi connectivity index (χ0) is 12.3. The van der Waals surface area contributed by atoms with E-state index in [1.165, 1.54) is 7.11 Å². The number of hydrogen-bond acceptors (Lipinski definition) is 4. The first-order chi connectivity index (χ1) is 8.24. The van der Waals surface area contributed by atoms with Gasteiger partial charge >= 0.3 is 5.97 Å². The fraction of sp³-hybridized carbons (Fsp3) is 0.583. The van der Waals surface area contributed by atoms with Gasteiger partial charge in [-0.2, -0.15) is 0 Å². The number of carbonyl (C=O) groups excluding carboxylic acids is 1. The number of aromatic amines is 1. The highest BCUT2D eigenvalue weighted by atomic mass is 16.5. The Morgan fingerprint density at radius 3 is 3.24 bits per heavy atom. The van der Waals surface area contributed by atoms with Gasteiger partial charge in [-0.05, 0) is 31.0 Å². The van der Waals surface area contributed by atoms with Crippen LogP contribution in [0.15, 0.2) is 12.3 Å². The molecular weight excluding hydrogens is 220 g/mol. The van der Waals surface area contributed by atoms with Crippen molar-refractivity contribution < 1.29 is 14.6 Å². The average molecular weight is 238 g/mol. The van der Waals surface area contributed by atoms with E-state index in [1.807, 2.05) is 6.20 Å². The highest BCUT2D eigenvalue weighted by molar-refractivity contribution is 5.87. The first-order valence-corrected chi connectivity index (χ1v) is 5.85. The molecule has 2 rings (SSSR count). The van der Waals surface area contributed by atoms with E-state index in [1.54, 1.807) is 6.07 Å². The van der Waals surface area contributed by atoms with Gasteiger partial charge in [-0.25, -0.2) is 4.79 Å². The van der Waals surface area contributed by atoms with E-state index in [2.05, 4.69) is 14.6 Å². The molecule has 0 unspecified atom stereocenters. The van der Waals surface area contributed by atoms with E-state index in [-0.39, 0.29) is 18.6 Å². The molecule has 5 heteroatoms. The Bertz CT molecular complexity index is 389. The first-order valence-electron chi connectivity index (χ1n) is 5.85. The summed E-state index contributed by atoms with van der Waals surface area (Å²) in [6.07, 6.45) is 3.99. The molecule has 1 aromatic heterocycles. The molecule has 1 saturated heterocycles. The molecule has 1 aromatic rings. The summed E-state index contributed by atoms with van der Waals surface area (Å²) in [5, 5.41) is 9.22. The summed E-state index contributed by atoms with van der Waals surface area (Å²) < 4.78 is 4.64. The Hall–Kier alpha value is -1.33. The largest absolute Gasteiger partial charge is 0.464 e. The predicted octanol–water partition coefficient (Wildman–Crippen LogP) is 0.758. The number of methoxy groups -OCH3 is 1. The van der Waals surface area contributed by atoms with Crippen molar-refractivity contribution in [3.63, 3.8) is 0 Å². The van der Waals surface area contributed by atoms with Crippen LogP contribution in [0.4, 0.5) is 0 Å². The third kappa shape index (κ3) is 2.68. The number of aromatic nitrogens is 1. The molecule has 0 saturated carbocycles. The molecule has 0 radical (unpaired) electrons. The minimum Gasteiger partial charge on any atom is -0.464 e. The van der Waals surface area contributed by atoms with Gasteiger partial charge in [0.25, 0.3) is 0 Å². The smallest absolute Gasteiger partial charge is 0.354 e. The zero-order valence-electron chi connectivity index (χ0n) is 9.98. The van der Waals surface area contributed by atoms with Crippen molar-refractivity contribution in [3.8, 4) is 0 Å². The minimum absolute atomic E-state index is 0.203. The normalized spacial score (nSPS) is 20.7. The molecule has 5 nitrogen and oxygen atoms in total. The van der Waals surface area contributed by atoms with Crippen LogP contribution in [-0.4, -0.2) is 47.3 Å². The Balaban J connectivity index is 1.99. The van der Waals surface area contributed by atoms with Crippen LogP contribution in [0, 0.1) is 0 Å². The number of likely N-dealkylation sites (tertiary alicyclic amines) is 1. The highest BCUT2D eigenvalue weighted by Gasteiger charge is 2.24. The molecule has 0 aliphatic carbocycles. The van der Waals surface area contributed by atoms with Crippen molar-refractivity contribution in [2.45, 2.75) is 25.4 Å². The van der Waals surface area contributed by atoms with E-state index in [9.17, 15) is 9.90 Å². The molecule has 0 amide bonds. The lowest BCUT2D eigenvalue weighted by atomic mass is 10.2. The van der Waals surface area contributed by atoms with E-state index in [0.717, 1.165) is 31.5 Å². The molecule has 0 spiro atoms. The number of H-pyrrole nitrogens is 1. The van der Waals surface area contributed by atoms with Crippen LogP contribution < -0.4 is 0 Å². The topological polar surface area (TPSA) is 65.6 Å². The summed E-state index contributed by atoms with van der Waals surface area (Å²) in [7, 11) is 1.37. The van der Waals surface area contributed by atoms with Gasteiger partial charge in [-0.15, -0.1) is 0 Å². The fourth-order valence-electron chi connectivity index (χ4n) is 2.30. The molecule has 0 bridgehead atoms. The monoisotopic (exact) mass is 238 g/mol.